The van der Waals surface area contributed by atoms with Gasteiger partial charge in [0.05, 0.1) is 9.88 Å². The van der Waals surface area contributed by atoms with Crippen LogP contribution in [0.15, 0.2) is 30.5 Å². The Labute approximate surface area is 97.4 Å². The average molecular weight is 233 g/mol. The molecule has 0 aliphatic rings. The first kappa shape index (κ1) is 10.8. The first-order valence-electron chi connectivity index (χ1n) is 4.88. The average Bonchev–Trinajstić information content (AvgIpc) is 2.66. The number of benzene rings is 1. The molecular formula is C12H11NO2S. The lowest BCUT2D eigenvalue weighted by Gasteiger charge is -1.98. The zero-order valence-corrected chi connectivity index (χ0v) is 9.62. The number of Topliss-reactive ketones (excluding diaryl/α,β-unsaturated/α-hetero) is 1. The van der Waals surface area contributed by atoms with Gasteiger partial charge in [-0.05, 0) is 17.7 Å². The monoisotopic (exact) mass is 233 g/mol. The molecular weight excluding hydrogens is 222 g/mol. The molecule has 4 heteroatoms. The van der Waals surface area contributed by atoms with E-state index in [0.29, 0.717) is 11.3 Å². The molecule has 0 saturated carbocycles. The van der Waals surface area contributed by atoms with Crippen molar-refractivity contribution in [3.8, 4) is 5.75 Å². The molecule has 16 heavy (non-hydrogen) atoms. The fourth-order valence-electron chi connectivity index (χ4n) is 1.40. The third kappa shape index (κ3) is 2.46. The van der Waals surface area contributed by atoms with Crippen molar-refractivity contribution in [3.63, 3.8) is 0 Å². The second-order valence-electron chi connectivity index (χ2n) is 3.52. The highest BCUT2D eigenvalue weighted by Gasteiger charge is 2.06. The molecule has 0 aliphatic carbocycles. The smallest absolute Gasteiger partial charge is 0.171 e. The van der Waals surface area contributed by atoms with Crippen molar-refractivity contribution in [2.75, 3.05) is 0 Å². The van der Waals surface area contributed by atoms with Crippen molar-refractivity contribution in [1.82, 2.24) is 4.98 Å². The van der Waals surface area contributed by atoms with E-state index >= 15 is 0 Å². The highest BCUT2D eigenvalue weighted by Crippen LogP contribution is 2.19. The molecule has 3 nitrogen and oxygen atoms in total. The normalized spacial score (nSPS) is 10.3. The molecule has 0 amide bonds. The Bertz CT molecular complexity index is 519. The van der Waals surface area contributed by atoms with E-state index in [4.69, 9.17) is 0 Å². The molecule has 2 rings (SSSR count). The number of hydrogen-bond donors (Lipinski definition) is 1. The van der Waals surface area contributed by atoms with Crippen LogP contribution in [0.5, 0.6) is 5.75 Å². The minimum absolute atomic E-state index is 0.0414. The van der Waals surface area contributed by atoms with Crippen LogP contribution in [0.2, 0.25) is 0 Å². The number of nitrogens with zero attached hydrogens (tertiary/aromatic N) is 1. The molecule has 2 aromatic rings. The Morgan fingerprint density at radius 1 is 1.50 bits per heavy atom. The van der Waals surface area contributed by atoms with Crippen LogP contribution in [0.25, 0.3) is 0 Å². The zero-order chi connectivity index (χ0) is 11.5. The summed E-state index contributed by atoms with van der Waals surface area (Å²) in [6, 6.07) is 7.06. The number of aromatic hydroxyl groups is 1. The van der Waals surface area contributed by atoms with Gasteiger partial charge in [0.25, 0.3) is 0 Å². The highest BCUT2D eigenvalue weighted by atomic mass is 32.1. The van der Waals surface area contributed by atoms with Crippen molar-refractivity contribution in [3.05, 3.63) is 45.9 Å². The van der Waals surface area contributed by atoms with E-state index in [1.807, 2.05) is 6.07 Å². The van der Waals surface area contributed by atoms with E-state index in [-0.39, 0.29) is 11.5 Å². The van der Waals surface area contributed by atoms with Crippen LogP contribution in [0, 0.1) is 0 Å². The minimum Gasteiger partial charge on any atom is -0.508 e. The Morgan fingerprint density at radius 2 is 2.31 bits per heavy atom. The molecule has 0 saturated heterocycles. The van der Waals surface area contributed by atoms with E-state index in [2.05, 4.69) is 4.98 Å². The zero-order valence-electron chi connectivity index (χ0n) is 8.80. The van der Waals surface area contributed by atoms with Gasteiger partial charge in [0.15, 0.2) is 5.78 Å². The lowest BCUT2D eigenvalue weighted by molar-refractivity contribution is 0.102. The largest absolute Gasteiger partial charge is 0.508 e. The molecule has 1 aromatic carbocycles. The standard InChI is InChI=1S/C12H11NO2S/c1-8(14)11-7-13-12(16-11)6-9-3-2-4-10(15)5-9/h2-5,7,15H,6H2,1H3. The Kier molecular flexibility index (Phi) is 3.01. The fourth-order valence-corrected chi connectivity index (χ4v) is 2.24. The maximum Gasteiger partial charge on any atom is 0.171 e. The summed E-state index contributed by atoms with van der Waals surface area (Å²) >= 11 is 1.40. The minimum atomic E-state index is 0.0414. The van der Waals surface area contributed by atoms with Crippen molar-refractivity contribution in [1.29, 1.82) is 0 Å². The van der Waals surface area contributed by atoms with Crippen molar-refractivity contribution < 1.29 is 9.90 Å². The number of hydrogen-bond acceptors (Lipinski definition) is 4. The summed E-state index contributed by atoms with van der Waals surface area (Å²) in [7, 11) is 0. The Morgan fingerprint density at radius 3 is 2.94 bits per heavy atom. The predicted octanol–water partition coefficient (Wildman–Crippen LogP) is 2.64. The van der Waals surface area contributed by atoms with Gasteiger partial charge in [0.1, 0.15) is 5.75 Å². The number of rotatable bonds is 3. The predicted molar refractivity (Wildman–Crippen MR) is 63.0 cm³/mol. The number of aromatic nitrogens is 1. The third-order valence-electron chi connectivity index (χ3n) is 2.17. The van der Waals surface area contributed by atoms with Crippen molar-refractivity contribution >= 4 is 17.1 Å². The number of phenols is 1. The number of carbonyl (C=O) groups excluding carboxylic acids is 1. The molecule has 0 spiro atoms. The van der Waals surface area contributed by atoms with Gasteiger partial charge in [-0.25, -0.2) is 4.98 Å². The lowest BCUT2D eigenvalue weighted by Crippen LogP contribution is -1.85. The number of thiazole rings is 1. The number of phenolic OH excluding ortho intramolecular Hbond substituents is 1. The third-order valence-corrected chi connectivity index (χ3v) is 3.26. The van der Waals surface area contributed by atoms with Crippen LogP contribution in [0.3, 0.4) is 0 Å². The quantitative estimate of drug-likeness (QED) is 0.829. The van der Waals surface area contributed by atoms with Crippen LogP contribution in [-0.2, 0) is 6.42 Å². The maximum absolute atomic E-state index is 11.1. The van der Waals surface area contributed by atoms with E-state index in [1.54, 1.807) is 24.4 Å². The van der Waals surface area contributed by atoms with Gasteiger partial charge < -0.3 is 5.11 Å². The Hall–Kier alpha value is -1.68. The van der Waals surface area contributed by atoms with Gasteiger partial charge in [-0.1, -0.05) is 12.1 Å². The van der Waals surface area contributed by atoms with Crippen LogP contribution >= 0.6 is 11.3 Å². The first-order valence-corrected chi connectivity index (χ1v) is 5.70. The van der Waals surface area contributed by atoms with Gasteiger partial charge in [-0.3, -0.25) is 4.79 Å². The molecule has 1 N–H and O–H groups in total. The van der Waals surface area contributed by atoms with Crippen molar-refractivity contribution in [2.45, 2.75) is 13.3 Å². The summed E-state index contributed by atoms with van der Waals surface area (Å²) in [6.07, 6.45) is 2.25. The van der Waals surface area contributed by atoms with E-state index in [9.17, 15) is 9.90 Å². The molecule has 0 radical (unpaired) electrons. The molecule has 0 bridgehead atoms. The molecule has 82 valence electrons. The number of carbonyl (C=O) groups is 1. The summed E-state index contributed by atoms with van der Waals surface area (Å²) in [6.45, 7) is 1.53. The second kappa shape index (κ2) is 4.45. The SMILES string of the molecule is CC(=O)c1cnc(Cc2cccc(O)c2)s1. The van der Waals surface area contributed by atoms with Gasteiger partial charge in [-0.15, -0.1) is 11.3 Å². The number of ketones is 1. The molecule has 1 aromatic heterocycles. The summed E-state index contributed by atoms with van der Waals surface area (Å²) in [4.78, 5) is 16.0. The van der Waals surface area contributed by atoms with Gasteiger partial charge in [-0.2, -0.15) is 0 Å². The van der Waals surface area contributed by atoms with Crippen LogP contribution in [-0.4, -0.2) is 15.9 Å². The van der Waals surface area contributed by atoms with E-state index in [1.165, 1.54) is 18.3 Å². The van der Waals surface area contributed by atoms with Crippen LogP contribution in [0.4, 0.5) is 0 Å². The van der Waals surface area contributed by atoms with Gasteiger partial charge in [0, 0.05) is 19.5 Å². The highest BCUT2D eigenvalue weighted by molar-refractivity contribution is 7.13. The van der Waals surface area contributed by atoms with Crippen LogP contribution in [0.1, 0.15) is 27.2 Å². The van der Waals surface area contributed by atoms with Crippen molar-refractivity contribution in [2.24, 2.45) is 0 Å². The first-order chi connectivity index (χ1) is 7.65. The van der Waals surface area contributed by atoms with Crippen LogP contribution < -0.4 is 0 Å². The Balaban J connectivity index is 2.17. The molecule has 1 heterocycles. The summed E-state index contributed by atoms with van der Waals surface area (Å²) in [5, 5.41) is 10.2. The molecule has 0 unspecified atom stereocenters. The van der Waals surface area contributed by atoms with E-state index in [0.717, 1.165) is 10.6 Å². The van der Waals surface area contributed by atoms with E-state index < -0.39 is 0 Å². The van der Waals surface area contributed by atoms with Gasteiger partial charge >= 0.3 is 0 Å². The maximum atomic E-state index is 11.1. The second-order valence-corrected chi connectivity index (χ2v) is 4.64. The molecule has 0 fully saturated rings. The summed E-state index contributed by atoms with van der Waals surface area (Å²) in [5.74, 6) is 0.292. The molecule has 0 aliphatic heterocycles. The van der Waals surface area contributed by atoms with Gasteiger partial charge in [0.2, 0.25) is 0 Å². The topological polar surface area (TPSA) is 50.2 Å². The fraction of sp³-hybridized carbons (Fsp3) is 0.167. The molecule has 0 atom stereocenters. The lowest BCUT2D eigenvalue weighted by atomic mass is 10.1. The summed E-state index contributed by atoms with van der Waals surface area (Å²) < 4.78 is 0. The summed E-state index contributed by atoms with van der Waals surface area (Å²) in [5.41, 5.74) is 0.990.